The van der Waals surface area contributed by atoms with Crippen LogP contribution in [0.15, 0.2) is 24.5 Å². The van der Waals surface area contributed by atoms with Crippen molar-refractivity contribution in [1.29, 1.82) is 0 Å². The van der Waals surface area contributed by atoms with Crippen molar-refractivity contribution in [2.75, 3.05) is 5.32 Å². The Morgan fingerprint density at radius 2 is 2.35 bits per heavy atom. The molecular weight excluding hydrogens is 283 g/mol. The molecule has 0 saturated heterocycles. The molecule has 1 amide bonds. The van der Waals surface area contributed by atoms with E-state index in [9.17, 15) is 9.18 Å². The zero-order valence-electron chi connectivity index (χ0n) is 10.4. The van der Waals surface area contributed by atoms with Gasteiger partial charge in [-0.15, -0.1) is 0 Å². The van der Waals surface area contributed by atoms with Gasteiger partial charge in [-0.05, 0) is 18.2 Å². The Morgan fingerprint density at radius 1 is 1.50 bits per heavy atom. The zero-order valence-corrected chi connectivity index (χ0v) is 11.2. The van der Waals surface area contributed by atoms with E-state index in [1.165, 1.54) is 12.1 Å². The van der Waals surface area contributed by atoms with Gasteiger partial charge in [0.2, 0.25) is 5.91 Å². The van der Waals surface area contributed by atoms with Gasteiger partial charge < -0.3 is 10.3 Å². The van der Waals surface area contributed by atoms with E-state index in [4.69, 9.17) is 11.6 Å². The van der Waals surface area contributed by atoms with Crippen LogP contribution in [0.25, 0.3) is 0 Å². The number of anilines is 1. The van der Waals surface area contributed by atoms with E-state index in [2.05, 4.69) is 20.6 Å². The van der Waals surface area contributed by atoms with Crippen molar-refractivity contribution in [3.8, 4) is 0 Å². The summed E-state index contributed by atoms with van der Waals surface area (Å²) in [6.45, 7) is 0.560. The van der Waals surface area contributed by atoms with Crippen molar-refractivity contribution in [2.45, 2.75) is 19.0 Å². The molecule has 0 spiro atoms. The highest BCUT2D eigenvalue weighted by Gasteiger charge is 2.26. The number of imidazole rings is 1. The highest BCUT2D eigenvalue weighted by Crippen LogP contribution is 2.23. The van der Waals surface area contributed by atoms with Crippen LogP contribution in [0.1, 0.15) is 11.4 Å². The standard InChI is InChI=1S/C13H12ClFN4O/c14-8-3-7(15)1-2-9(8)19-13(20)11-4-10-12(5-16-11)18-6-17-10/h1-3,6,11,16H,4-5H2,(H,17,18)(H,19,20). The van der Waals surface area contributed by atoms with E-state index in [0.29, 0.717) is 18.7 Å². The first kappa shape index (κ1) is 13.1. The Kier molecular flexibility index (Phi) is 3.42. The van der Waals surface area contributed by atoms with Crippen molar-refractivity contribution >= 4 is 23.2 Å². The Balaban J connectivity index is 1.71. The summed E-state index contributed by atoms with van der Waals surface area (Å²) in [4.78, 5) is 19.4. The maximum absolute atomic E-state index is 12.9. The largest absolute Gasteiger partial charge is 0.347 e. The summed E-state index contributed by atoms with van der Waals surface area (Å²) < 4.78 is 12.9. The maximum Gasteiger partial charge on any atom is 0.241 e. The molecule has 1 aromatic heterocycles. The molecule has 1 unspecified atom stereocenters. The third-order valence-electron chi connectivity index (χ3n) is 3.24. The first-order valence-corrected chi connectivity index (χ1v) is 6.51. The van der Waals surface area contributed by atoms with Crippen LogP contribution in [0, 0.1) is 5.82 Å². The monoisotopic (exact) mass is 294 g/mol. The van der Waals surface area contributed by atoms with Crippen molar-refractivity contribution in [2.24, 2.45) is 0 Å². The summed E-state index contributed by atoms with van der Waals surface area (Å²) in [5, 5.41) is 5.98. The average molecular weight is 295 g/mol. The van der Waals surface area contributed by atoms with Crippen molar-refractivity contribution in [3.63, 3.8) is 0 Å². The van der Waals surface area contributed by atoms with Gasteiger partial charge in [0, 0.05) is 13.0 Å². The average Bonchev–Trinajstić information content (AvgIpc) is 2.89. The minimum Gasteiger partial charge on any atom is -0.347 e. The SMILES string of the molecule is O=C(Nc1ccc(F)cc1Cl)C1Cc2nc[nH]c2CN1. The molecule has 1 aromatic carbocycles. The number of aromatic amines is 1. The number of hydrogen-bond acceptors (Lipinski definition) is 3. The Morgan fingerprint density at radius 3 is 3.15 bits per heavy atom. The van der Waals surface area contributed by atoms with Crippen LogP contribution in [0.3, 0.4) is 0 Å². The van der Waals surface area contributed by atoms with Crippen LogP contribution in [0.4, 0.5) is 10.1 Å². The van der Waals surface area contributed by atoms with Crippen LogP contribution < -0.4 is 10.6 Å². The zero-order chi connectivity index (χ0) is 14.1. The second-order valence-electron chi connectivity index (χ2n) is 4.58. The number of carbonyl (C=O) groups is 1. The lowest BCUT2D eigenvalue weighted by atomic mass is 10.0. The van der Waals surface area contributed by atoms with Crippen LogP contribution >= 0.6 is 11.6 Å². The summed E-state index contributed by atoms with van der Waals surface area (Å²) in [5.41, 5.74) is 2.27. The molecule has 1 aliphatic heterocycles. The molecule has 0 radical (unpaired) electrons. The minimum atomic E-state index is -0.440. The van der Waals surface area contributed by atoms with Gasteiger partial charge in [-0.2, -0.15) is 0 Å². The molecule has 0 saturated carbocycles. The highest BCUT2D eigenvalue weighted by molar-refractivity contribution is 6.33. The number of rotatable bonds is 2. The number of benzene rings is 1. The van der Waals surface area contributed by atoms with Crippen molar-refractivity contribution < 1.29 is 9.18 Å². The Hall–Kier alpha value is -1.92. The van der Waals surface area contributed by atoms with E-state index < -0.39 is 5.82 Å². The van der Waals surface area contributed by atoms with Crippen LogP contribution in [0.5, 0.6) is 0 Å². The first-order valence-electron chi connectivity index (χ1n) is 6.14. The molecule has 20 heavy (non-hydrogen) atoms. The normalized spacial score (nSPS) is 17.6. The third-order valence-corrected chi connectivity index (χ3v) is 3.55. The van der Waals surface area contributed by atoms with E-state index in [1.54, 1.807) is 6.33 Å². The predicted octanol–water partition coefficient (Wildman–Crippen LogP) is 1.86. The lowest BCUT2D eigenvalue weighted by molar-refractivity contribution is -0.118. The number of carbonyl (C=O) groups excluding carboxylic acids is 1. The molecule has 0 aliphatic carbocycles. The molecule has 7 heteroatoms. The molecule has 104 valence electrons. The smallest absolute Gasteiger partial charge is 0.241 e. The summed E-state index contributed by atoms with van der Waals surface area (Å²) >= 11 is 5.88. The van der Waals surface area contributed by atoms with Crippen LogP contribution in [-0.4, -0.2) is 21.9 Å². The molecule has 2 heterocycles. The number of H-pyrrole nitrogens is 1. The lowest BCUT2D eigenvalue weighted by Crippen LogP contribution is -2.44. The van der Waals surface area contributed by atoms with Gasteiger partial charge in [0.25, 0.3) is 0 Å². The van der Waals surface area contributed by atoms with Gasteiger partial charge in [-0.1, -0.05) is 11.6 Å². The molecule has 1 atom stereocenters. The van der Waals surface area contributed by atoms with Crippen LogP contribution in [0.2, 0.25) is 5.02 Å². The number of nitrogens with one attached hydrogen (secondary N) is 3. The molecule has 5 nitrogen and oxygen atoms in total. The second-order valence-corrected chi connectivity index (χ2v) is 4.99. The Labute approximate surface area is 119 Å². The van der Waals surface area contributed by atoms with Crippen molar-refractivity contribution in [3.05, 3.63) is 46.8 Å². The quantitative estimate of drug-likeness (QED) is 0.792. The summed E-state index contributed by atoms with van der Waals surface area (Å²) in [6.07, 6.45) is 2.12. The molecule has 2 aromatic rings. The minimum absolute atomic E-state index is 0.176. The van der Waals surface area contributed by atoms with Crippen LogP contribution in [-0.2, 0) is 17.8 Å². The van der Waals surface area contributed by atoms with Gasteiger partial charge in [-0.25, -0.2) is 9.37 Å². The predicted molar refractivity (Wildman–Crippen MR) is 73.0 cm³/mol. The van der Waals surface area contributed by atoms with E-state index in [-0.39, 0.29) is 17.0 Å². The highest BCUT2D eigenvalue weighted by atomic mass is 35.5. The Bertz CT molecular complexity index is 658. The maximum atomic E-state index is 12.9. The molecular formula is C13H12ClFN4O. The fraction of sp³-hybridized carbons (Fsp3) is 0.231. The number of amides is 1. The number of nitrogens with zero attached hydrogens (tertiary/aromatic N) is 1. The number of fused-ring (bicyclic) bond motifs is 1. The van der Waals surface area contributed by atoms with Gasteiger partial charge in [0.05, 0.1) is 34.5 Å². The third kappa shape index (κ3) is 2.52. The van der Waals surface area contributed by atoms with E-state index >= 15 is 0 Å². The topological polar surface area (TPSA) is 69.8 Å². The number of halogens is 2. The summed E-state index contributed by atoms with van der Waals surface area (Å²) in [5.74, 6) is -0.655. The van der Waals surface area contributed by atoms with Gasteiger partial charge in [0.1, 0.15) is 5.82 Å². The van der Waals surface area contributed by atoms with E-state index in [1.807, 2.05) is 0 Å². The second kappa shape index (κ2) is 5.22. The summed E-state index contributed by atoms with van der Waals surface area (Å²) in [6, 6.07) is 3.48. The molecule has 0 bridgehead atoms. The van der Waals surface area contributed by atoms with Gasteiger partial charge >= 0.3 is 0 Å². The fourth-order valence-electron chi connectivity index (χ4n) is 2.17. The lowest BCUT2D eigenvalue weighted by Gasteiger charge is -2.22. The number of hydrogen-bond donors (Lipinski definition) is 3. The molecule has 0 fully saturated rings. The van der Waals surface area contributed by atoms with Crippen molar-refractivity contribution in [1.82, 2.24) is 15.3 Å². The molecule has 3 rings (SSSR count). The first-order chi connectivity index (χ1) is 9.63. The molecule has 3 N–H and O–H groups in total. The number of aromatic nitrogens is 2. The van der Waals surface area contributed by atoms with E-state index in [0.717, 1.165) is 17.5 Å². The van der Waals surface area contributed by atoms with Gasteiger partial charge in [0.15, 0.2) is 0 Å². The molecule has 1 aliphatic rings. The fourth-order valence-corrected chi connectivity index (χ4v) is 2.38. The van der Waals surface area contributed by atoms with Gasteiger partial charge in [-0.3, -0.25) is 10.1 Å². The summed E-state index contributed by atoms with van der Waals surface area (Å²) in [7, 11) is 0.